The second-order valence-corrected chi connectivity index (χ2v) is 6.66. The van der Waals surface area contributed by atoms with Gasteiger partial charge >= 0.3 is 0 Å². The van der Waals surface area contributed by atoms with Crippen molar-refractivity contribution in [2.75, 3.05) is 13.1 Å². The van der Waals surface area contributed by atoms with Gasteiger partial charge < -0.3 is 4.90 Å². The topological polar surface area (TPSA) is 49.0 Å². The first kappa shape index (κ1) is 14.3. The minimum Gasteiger partial charge on any atom is -0.339 e. The summed E-state index contributed by atoms with van der Waals surface area (Å²) in [6.07, 6.45) is 5.21. The summed E-state index contributed by atoms with van der Waals surface area (Å²) in [6, 6.07) is 1.89. The maximum Gasteiger partial charge on any atom is 0.254 e. The van der Waals surface area contributed by atoms with E-state index in [0.717, 1.165) is 16.9 Å². The summed E-state index contributed by atoms with van der Waals surface area (Å²) in [6.45, 7) is 2.75. The number of thiophene rings is 1. The number of H-pyrrole nitrogens is 1. The molecule has 1 atom stereocenters. The number of carbonyl (C=O) groups is 1. The summed E-state index contributed by atoms with van der Waals surface area (Å²) in [5.74, 6) is -0.00121. The smallest absolute Gasteiger partial charge is 0.254 e. The molecule has 0 aliphatic carbocycles. The van der Waals surface area contributed by atoms with E-state index in [4.69, 9.17) is 0 Å². The molecule has 2 aromatic rings. The molecular weight excluding hydrogens is 289 g/mol. The average molecular weight is 307 g/mol. The number of hydrogen-bond donors (Lipinski definition) is 1. The first-order valence-electron chi connectivity index (χ1n) is 7.11. The molecular formula is C15H18FN3OS. The van der Waals surface area contributed by atoms with E-state index >= 15 is 0 Å². The minimum absolute atomic E-state index is 0.00121. The van der Waals surface area contributed by atoms with Crippen LogP contribution in [0.25, 0.3) is 10.4 Å². The van der Waals surface area contributed by atoms with E-state index in [0.29, 0.717) is 31.5 Å². The third-order valence-electron chi connectivity index (χ3n) is 3.95. The van der Waals surface area contributed by atoms with Crippen molar-refractivity contribution >= 4 is 17.2 Å². The Bertz CT molecular complexity index is 621. The van der Waals surface area contributed by atoms with E-state index in [1.165, 1.54) is 11.3 Å². The maximum atomic E-state index is 14.0. The average Bonchev–Trinajstić information content (AvgIpc) is 3.08. The molecule has 6 heteroatoms. The van der Waals surface area contributed by atoms with Gasteiger partial charge in [0.1, 0.15) is 5.67 Å². The number of alkyl halides is 1. The van der Waals surface area contributed by atoms with Gasteiger partial charge in [-0.15, -0.1) is 11.3 Å². The first-order chi connectivity index (χ1) is 10.1. The number of amides is 1. The molecule has 0 saturated carbocycles. The Morgan fingerprint density at radius 2 is 2.33 bits per heavy atom. The molecule has 3 heterocycles. The molecule has 1 N–H and O–H groups in total. The van der Waals surface area contributed by atoms with Crippen LogP contribution in [0, 0.1) is 0 Å². The van der Waals surface area contributed by atoms with Crippen LogP contribution >= 0.6 is 11.3 Å². The predicted octanol–water partition coefficient (Wildman–Crippen LogP) is 3.49. The number of halogens is 1. The summed E-state index contributed by atoms with van der Waals surface area (Å²) < 4.78 is 14.0. The van der Waals surface area contributed by atoms with Gasteiger partial charge in [0.2, 0.25) is 0 Å². The quantitative estimate of drug-likeness (QED) is 0.923. The molecule has 0 spiro atoms. The number of nitrogens with one attached hydrogen (secondary N) is 1. The van der Waals surface area contributed by atoms with Gasteiger partial charge in [-0.25, -0.2) is 4.39 Å². The van der Waals surface area contributed by atoms with Crippen LogP contribution in [0.3, 0.4) is 0 Å². The summed E-state index contributed by atoms with van der Waals surface area (Å²) in [7, 11) is 0. The molecule has 1 saturated heterocycles. The van der Waals surface area contributed by atoms with Gasteiger partial charge in [0, 0.05) is 35.1 Å². The zero-order chi connectivity index (χ0) is 14.9. The maximum absolute atomic E-state index is 14.0. The second kappa shape index (κ2) is 5.60. The molecule has 1 aliphatic heterocycles. The molecule has 1 aliphatic rings. The molecule has 21 heavy (non-hydrogen) atoms. The Balaban J connectivity index is 1.73. The highest BCUT2D eigenvalue weighted by atomic mass is 32.1. The lowest BCUT2D eigenvalue weighted by molar-refractivity contribution is 0.0752. The molecule has 0 radical (unpaired) electrons. The molecule has 2 aromatic heterocycles. The number of nitrogens with zero attached hydrogens (tertiary/aromatic N) is 2. The minimum atomic E-state index is -1.15. The van der Waals surface area contributed by atoms with Crippen molar-refractivity contribution in [2.24, 2.45) is 0 Å². The number of likely N-dealkylation sites (tertiary alicyclic amines) is 1. The van der Waals surface area contributed by atoms with Crippen molar-refractivity contribution in [3.8, 4) is 10.4 Å². The monoisotopic (exact) mass is 307 g/mol. The van der Waals surface area contributed by atoms with E-state index in [1.807, 2.05) is 11.4 Å². The third-order valence-corrected chi connectivity index (χ3v) is 4.92. The fourth-order valence-corrected chi connectivity index (χ4v) is 3.48. The van der Waals surface area contributed by atoms with Crippen LogP contribution in [0.15, 0.2) is 23.8 Å². The van der Waals surface area contributed by atoms with Gasteiger partial charge in [0.25, 0.3) is 5.91 Å². The van der Waals surface area contributed by atoms with Crippen LogP contribution < -0.4 is 0 Å². The Hall–Kier alpha value is -1.69. The number of hydrogen-bond acceptors (Lipinski definition) is 3. The first-order valence-corrected chi connectivity index (χ1v) is 7.99. The fourth-order valence-electron chi connectivity index (χ4n) is 2.61. The number of rotatable bonds is 2. The lowest BCUT2D eigenvalue weighted by atomic mass is 10.0. The highest BCUT2D eigenvalue weighted by Crippen LogP contribution is 2.29. The van der Waals surface area contributed by atoms with Gasteiger partial charge in [-0.3, -0.25) is 9.89 Å². The highest BCUT2D eigenvalue weighted by Gasteiger charge is 2.29. The number of aromatic amines is 1. The number of carbonyl (C=O) groups excluding carboxylic acids is 1. The van der Waals surface area contributed by atoms with Crippen molar-refractivity contribution in [3.63, 3.8) is 0 Å². The van der Waals surface area contributed by atoms with Gasteiger partial charge in [0.15, 0.2) is 0 Å². The molecule has 4 nitrogen and oxygen atoms in total. The van der Waals surface area contributed by atoms with Crippen LogP contribution in [-0.2, 0) is 0 Å². The molecule has 0 aromatic carbocycles. The van der Waals surface area contributed by atoms with Crippen molar-refractivity contribution < 1.29 is 9.18 Å². The summed E-state index contributed by atoms with van der Waals surface area (Å²) >= 11 is 1.52. The lowest BCUT2D eigenvalue weighted by Gasteiger charge is -2.20. The zero-order valence-corrected chi connectivity index (χ0v) is 12.8. The molecule has 1 fully saturated rings. The van der Waals surface area contributed by atoms with Gasteiger partial charge in [0.05, 0.1) is 11.8 Å². The van der Waals surface area contributed by atoms with E-state index < -0.39 is 5.67 Å². The van der Waals surface area contributed by atoms with E-state index in [2.05, 4.69) is 10.2 Å². The third kappa shape index (κ3) is 3.15. The molecule has 1 amide bonds. The van der Waals surface area contributed by atoms with Crippen molar-refractivity contribution in [3.05, 3.63) is 29.4 Å². The van der Waals surface area contributed by atoms with E-state index in [9.17, 15) is 9.18 Å². The Morgan fingerprint density at radius 3 is 3.10 bits per heavy atom. The van der Waals surface area contributed by atoms with Crippen LogP contribution in [0.5, 0.6) is 0 Å². The Kier molecular flexibility index (Phi) is 3.80. The van der Waals surface area contributed by atoms with Gasteiger partial charge in [-0.1, -0.05) is 0 Å². The van der Waals surface area contributed by atoms with Gasteiger partial charge in [-0.2, -0.15) is 5.10 Å². The molecule has 3 rings (SSSR count). The van der Waals surface area contributed by atoms with Crippen molar-refractivity contribution in [1.82, 2.24) is 15.1 Å². The van der Waals surface area contributed by atoms with E-state index in [1.54, 1.807) is 24.2 Å². The molecule has 1 unspecified atom stereocenters. The Morgan fingerprint density at radius 1 is 1.48 bits per heavy atom. The predicted molar refractivity (Wildman–Crippen MR) is 81.2 cm³/mol. The van der Waals surface area contributed by atoms with Crippen LogP contribution in [0.1, 0.15) is 36.5 Å². The summed E-state index contributed by atoms with van der Waals surface area (Å²) in [4.78, 5) is 15.3. The Labute approximate surface area is 127 Å². The highest BCUT2D eigenvalue weighted by molar-refractivity contribution is 7.13. The van der Waals surface area contributed by atoms with Crippen LogP contribution in [0.4, 0.5) is 4.39 Å². The summed E-state index contributed by atoms with van der Waals surface area (Å²) in [5.41, 5.74) is 0.510. The fraction of sp³-hybridized carbons (Fsp3) is 0.467. The standard InChI is InChI=1S/C15H18FN3OS/c1-15(16)3-2-5-19(6-4-15)14(20)11-7-13(21-10-11)12-8-17-18-9-12/h7-10H,2-6H2,1H3,(H,17,18). The number of aromatic nitrogens is 2. The van der Waals surface area contributed by atoms with Crippen LogP contribution in [0.2, 0.25) is 0 Å². The lowest BCUT2D eigenvalue weighted by Crippen LogP contribution is -2.32. The van der Waals surface area contributed by atoms with E-state index in [-0.39, 0.29) is 5.91 Å². The van der Waals surface area contributed by atoms with Gasteiger partial charge in [-0.05, 0) is 32.3 Å². The SMILES string of the molecule is CC1(F)CCCN(C(=O)c2csc(-c3cn[nH]c3)c2)CC1. The van der Waals surface area contributed by atoms with Crippen molar-refractivity contribution in [2.45, 2.75) is 31.9 Å². The second-order valence-electron chi connectivity index (χ2n) is 5.75. The molecule has 0 bridgehead atoms. The normalized spacial score (nSPS) is 23.0. The molecule has 112 valence electrons. The zero-order valence-electron chi connectivity index (χ0n) is 11.9. The van der Waals surface area contributed by atoms with Crippen molar-refractivity contribution in [1.29, 1.82) is 0 Å². The van der Waals surface area contributed by atoms with Crippen LogP contribution in [-0.4, -0.2) is 39.8 Å². The summed E-state index contributed by atoms with van der Waals surface area (Å²) in [5, 5.41) is 8.55. The largest absolute Gasteiger partial charge is 0.339 e.